The molecule has 0 bridgehead atoms. The summed E-state index contributed by atoms with van der Waals surface area (Å²) in [4.78, 5) is 0. The Morgan fingerprint density at radius 3 is 2.95 bits per heavy atom. The van der Waals surface area contributed by atoms with Gasteiger partial charge in [0.15, 0.2) is 5.03 Å². The van der Waals surface area contributed by atoms with Crippen molar-refractivity contribution < 1.29 is 13.2 Å². The molecule has 1 aliphatic heterocycles. The zero-order chi connectivity index (χ0) is 15.5. The highest BCUT2D eigenvalue weighted by Crippen LogP contribution is 2.18. The topological polar surface area (TPSA) is 96.1 Å². The molecule has 0 radical (unpaired) electrons. The number of nitrogens with one attached hydrogen (secondary N) is 3. The van der Waals surface area contributed by atoms with E-state index in [0.717, 1.165) is 0 Å². The molecule has 1 aliphatic rings. The zero-order valence-corrected chi connectivity index (χ0v) is 13.5. The second-order valence-corrected chi connectivity index (χ2v) is 7.43. The van der Waals surface area contributed by atoms with Gasteiger partial charge < -0.3 is 10.1 Å². The van der Waals surface area contributed by atoms with Crippen molar-refractivity contribution in [1.82, 2.24) is 20.2 Å². The molecule has 1 aromatic heterocycles. The minimum absolute atomic E-state index is 0.0790. The van der Waals surface area contributed by atoms with Crippen LogP contribution < -0.4 is 10.0 Å². The molecule has 1 saturated heterocycles. The highest BCUT2D eigenvalue weighted by Gasteiger charge is 2.27. The average Bonchev–Trinajstić information content (AvgIpc) is 2.85. The van der Waals surface area contributed by atoms with Crippen LogP contribution in [0.5, 0.6) is 0 Å². The van der Waals surface area contributed by atoms with Gasteiger partial charge >= 0.3 is 0 Å². The molecule has 7 nitrogen and oxygen atoms in total. The Labute approximate surface area is 125 Å². The standard InChI is InChI=1S/C13H24N4O3S/c1-9(2)14-7-11-8-15-16-13(11)21(18,19)17-12-4-5-20-10(3)6-12/h8-10,12,14,17H,4-7H2,1-3H3,(H,15,16). The lowest BCUT2D eigenvalue weighted by Gasteiger charge is -2.27. The lowest BCUT2D eigenvalue weighted by Crippen LogP contribution is -2.41. The van der Waals surface area contributed by atoms with E-state index in [1.165, 1.54) is 0 Å². The molecule has 1 fully saturated rings. The molecule has 0 aliphatic carbocycles. The highest BCUT2D eigenvalue weighted by atomic mass is 32.2. The monoisotopic (exact) mass is 316 g/mol. The Hall–Kier alpha value is -0.960. The molecule has 120 valence electrons. The Balaban J connectivity index is 2.07. The van der Waals surface area contributed by atoms with Gasteiger partial charge in [-0.05, 0) is 19.8 Å². The van der Waals surface area contributed by atoms with Crippen molar-refractivity contribution in [3.8, 4) is 0 Å². The summed E-state index contributed by atoms with van der Waals surface area (Å²) in [7, 11) is -3.58. The normalized spacial score (nSPS) is 23.6. The first-order chi connectivity index (χ1) is 9.88. The lowest BCUT2D eigenvalue weighted by atomic mass is 10.1. The molecular weight excluding hydrogens is 292 g/mol. The minimum Gasteiger partial charge on any atom is -0.378 e. The Bertz CT molecular complexity index is 556. The van der Waals surface area contributed by atoms with Crippen molar-refractivity contribution in [3.05, 3.63) is 11.8 Å². The van der Waals surface area contributed by atoms with Gasteiger partial charge in [0.1, 0.15) is 0 Å². The number of ether oxygens (including phenoxy) is 1. The van der Waals surface area contributed by atoms with Crippen molar-refractivity contribution in [2.75, 3.05) is 6.61 Å². The summed E-state index contributed by atoms with van der Waals surface area (Å²) in [6.45, 7) is 7.02. The fourth-order valence-electron chi connectivity index (χ4n) is 2.36. The molecule has 3 N–H and O–H groups in total. The van der Waals surface area contributed by atoms with Gasteiger partial charge in [0.25, 0.3) is 10.0 Å². The SMILES string of the molecule is CC(C)NCc1cn[nH]c1S(=O)(=O)NC1CCOC(C)C1. The number of aromatic nitrogens is 2. The molecule has 0 saturated carbocycles. The van der Waals surface area contributed by atoms with Crippen LogP contribution in [0.4, 0.5) is 0 Å². The first-order valence-electron chi connectivity index (χ1n) is 7.28. The smallest absolute Gasteiger partial charge is 0.258 e. The first kappa shape index (κ1) is 16.4. The Morgan fingerprint density at radius 2 is 2.29 bits per heavy atom. The molecule has 21 heavy (non-hydrogen) atoms. The fourth-order valence-corrected chi connectivity index (χ4v) is 3.77. The fraction of sp³-hybridized carbons (Fsp3) is 0.769. The van der Waals surface area contributed by atoms with Gasteiger partial charge in [-0.1, -0.05) is 13.8 Å². The third kappa shape index (κ3) is 4.50. The van der Waals surface area contributed by atoms with Crippen molar-refractivity contribution in [1.29, 1.82) is 0 Å². The van der Waals surface area contributed by atoms with Crippen molar-refractivity contribution in [2.45, 2.75) is 63.4 Å². The number of hydrogen-bond donors (Lipinski definition) is 3. The van der Waals surface area contributed by atoms with Gasteiger partial charge in [0.2, 0.25) is 0 Å². The Kier molecular flexibility index (Phi) is 5.37. The van der Waals surface area contributed by atoms with Crippen LogP contribution in [0.1, 0.15) is 39.2 Å². The van der Waals surface area contributed by atoms with Crippen LogP contribution in [0.15, 0.2) is 11.2 Å². The summed E-state index contributed by atoms with van der Waals surface area (Å²) < 4.78 is 33.2. The molecule has 8 heteroatoms. The summed E-state index contributed by atoms with van der Waals surface area (Å²) in [5.41, 5.74) is 0.649. The zero-order valence-electron chi connectivity index (χ0n) is 12.7. The molecule has 2 atom stereocenters. The average molecular weight is 316 g/mol. The Morgan fingerprint density at radius 1 is 1.52 bits per heavy atom. The highest BCUT2D eigenvalue weighted by molar-refractivity contribution is 7.89. The van der Waals surface area contributed by atoms with E-state index in [1.54, 1.807) is 6.20 Å². The van der Waals surface area contributed by atoms with Crippen LogP contribution in [0, 0.1) is 0 Å². The van der Waals surface area contributed by atoms with Gasteiger partial charge in [-0.2, -0.15) is 5.10 Å². The maximum Gasteiger partial charge on any atom is 0.258 e. The predicted octanol–water partition coefficient (Wildman–Crippen LogP) is 0.754. The van der Waals surface area contributed by atoms with Crippen molar-refractivity contribution in [3.63, 3.8) is 0 Å². The van der Waals surface area contributed by atoms with Gasteiger partial charge in [-0.3, -0.25) is 5.10 Å². The summed E-state index contributed by atoms with van der Waals surface area (Å²) in [6.07, 6.45) is 3.01. The second kappa shape index (κ2) is 6.87. The molecule has 2 heterocycles. The van der Waals surface area contributed by atoms with Gasteiger partial charge in [0, 0.05) is 30.8 Å². The largest absolute Gasteiger partial charge is 0.378 e. The summed E-state index contributed by atoms with van der Waals surface area (Å²) in [5, 5.41) is 9.81. The lowest BCUT2D eigenvalue weighted by molar-refractivity contribution is 0.0173. The third-order valence-electron chi connectivity index (χ3n) is 3.45. The van der Waals surface area contributed by atoms with E-state index in [0.29, 0.717) is 31.6 Å². The van der Waals surface area contributed by atoms with E-state index in [1.807, 2.05) is 20.8 Å². The van der Waals surface area contributed by atoms with Crippen molar-refractivity contribution >= 4 is 10.0 Å². The number of H-pyrrole nitrogens is 1. The van der Waals surface area contributed by atoms with Crippen LogP contribution >= 0.6 is 0 Å². The number of aromatic amines is 1. The van der Waals surface area contributed by atoms with Gasteiger partial charge in [0.05, 0.1) is 12.3 Å². The number of hydrogen-bond acceptors (Lipinski definition) is 5. The molecule has 0 aromatic carbocycles. The van der Waals surface area contributed by atoms with Crippen LogP contribution in [0.2, 0.25) is 0 Å². The first-order valence-corrected chi connectivity index (χ1v) is 8.76. The quantitative estimate of drug-likeness (QED) is 0.720. The summed E-state index contributed by atoms with van der Waals surface area (Å²) in [5.74, 6) is 0. The van der Waals surface area contributed by atoms with E-state index in [-0.39, 0.29) is 23.2 Å². The molecule has 2 unspecified atom stereocenters. The van der Waals surface area contributed by atoms with E-state index >= 15 is 0 Å². The molecule has 2 rings (SSSR count). The van der Waals surface area contributed by atoms with Gasteiger partial charge in [-0.15, -0.1) is 0 Å². The van der Waals surface area contributed by atoms with E-state index in [2.05, 4.69) is 20.2 Å². The third-order valence-corrected chi connectivity index (χ3v) is 4.99. The molecule has 1 aromatic rings. The minimum atomic E-state index is -3.58. The molecule has 0 amide bonds. The maximum absolute atomic E-state index is 12.5. The summed E-state index contributed by atoms with van der Waals surface area (Å²) in [6, 6.07) is 0.188. The van der Waals surface area contributed by atoms with Crippen LogP contribution in [-0.4, -0.2) is 43.4 Å². The van der Waals surface area contributed by atoms with Crippen LogP contribution in [-0.2, 0) is 21.3 Å². The number of sulfonamides is 1. The number of rotatable bonds is 6. The predicted molar refractivity (Wildman–Crippen MR) is 79.3 cm³/mol. The molecular formula is C13H24N4O3S. The maximum atomic E-state index is 12.5. The van der Waals surface area contributed by atoms with E-state index in [4.69, 9.17) is 4.74 Å². The van der Waals surface area contributed by atoms with E-state index < -0.39 is 10.0 Å². The van der Waals surface area contributed by atoms with Gasteiger partial charge in [-0.25, -0.2) is 13.1 Å². The van der Waals surface area contributed by atoms with Crippen molar-refractivity contribution in [2.24, 2.45) is 0 Å². The summed E-state index contributed by atoms with van der Waals surface area (Å²) >= 11 is 0. The molecule has 0 spiro atoms. The van der Waals surface area contributed by atoms with Crippen LogP contribution in [0.3, 0.4) is 0 Å². The van der Waals surface area contributed by atoms with Crippen LogP contribution in [0.25, 0.3) is 0 Å². The van der Waals surface area contributed by atoms with E-state index in [9.17, 15) is 8.42 Å². The number of nitrogens with zero attached hydrogens (tertiary/aromatic N) is 1. The second-order valence-electron chi connectivity index (χ2n) is 5.78.